The maximum atomic E-state index is 13.0. The Labute approximate surface area is 157 Å². The van der Waals surface area contributed by atoms with E-state index in [0.29, 0.717) is 10.7 Å². The molecule has 2 amide bonds. The van der Waals surface area contributed by atoms with Crippen LogP contribution in [0.3, 0.4) is 0 Å². The van der Waals surface area contributed by atoms with Crippen molar-refractivity contribution in [1.29, 1.82) is 0 Å². The molecule has 2 fully saturated rings. The summed E-state index contributed by atoms with van der Waals surface area (Å²) in [6.45, 7) is 1.95. The largest absolute Gasteiger partial charge is 0.325 e. The van der Waals surface area contributed by atoms with Gasteiger partial charge in [0.1, 0.15) is 12.4 Å². The second-order valence-electron chi connectivity index (χ2n) is 7.01. The fourth-order valence-electron chi connectivity index (χ4n) is 4.27. The van der Waals surface area contributed by atoms with E-state index in [1.165, 1.54) is 0 Å². The van der Waals surface area contributed by atoms with E-state index in [1.54, 1.807) is 17.0 Å². The molecule has 1 aromatic rings. The smallest absolute Gasteiger partial charge is 0.268 e. The normalized spacial score (nSPS) is 27.4. The molecule has 1 saturated carbocycles. The Balaban J connectivity index is 1.53. The molecule has 0 spiro atoms. The second-order valence-corrected chi connectivity index (χ2v) is 7.42. The molecule has 0 bridgehead atoms. The summed E-state index contributed by atoms with van der Waals surface area (Å²) in [6, 6.07) is 7.33. The van der Waals surface area contributed by atoms with Gasteiger partial charge in [-0.2, -0.15) is 5.10 Å². The summed E-state index contributed by atoms with van der Waals surface area (Å²) in [5, 5.41) is 7.54. The molecule has 3 aliphatic rings. The zero-order valence-electron chi connectivity index (χ0n) is 14.6. The van der Waals surface area contributed by atoms with Gasteiger partial charge in [0, 0.05) is 0 Å². The van der Waals surface area contributed by atoms with E-state index in [1.807, 2.05) is 19.1 Å². The molecule has 7 nitrogen and oxygen atoms in total. The van der Waals surface area contributed by atoms with Crippen LogP contribution < -0.4 is 10.7 Å². The number of amides is 2. The summed E-state index contributed by atoms with van der Waals surface area (Å²) in [5.74, 6) is 0.517. The molecule has 3 atom stereocenters. The fourth-order valence-corrected chi connectivity index (χ4v) is 4.45. The molecule has 2 N–H and O–H groups in total. The third-order valence-electron chi connectivity index (χ3n) is 5.43. The van der Waals surface area contributed by atoms with E-state index in [-0.39, 0.29) is 30.4 Å². The highest BCUT2D eigenvalue weighted by Crippen LogP contribution is 2.34. The highest BCUT2D eigenvalue weighted by Gasteiger charge is 2.50. The van der Waals surface area contributed by atoms with Gasteiger partial charge in [-0.1, -0.05) is 36.6 Å². The van der Waals surface area contributed by atoms with Crippen LogP contribution in [0.1, 0.15) is 32.6 Å². The minimum atomic E-state index is -0.498. The summed E-state index contributed by atoms with van der Waals surface area (Å²) in [7, 11) is 0. The lowest BCUT2D eigenvalue weighted by molar-refractivity contribution is -0.151. The summed E-state index contributed by atoms with van der Waals surface area (Å²) in [4.78, 5) is 29.4. The minimum absolute atomic E-state index is 0.0241. The number of carbonyl (C=O) groups is 2. The number of carbonyl (C=O) groups excluding carboxylic acids is 2. The van der Waals surface area contributed by atoms with E-state index in [9.17, 15) is 9.59 Å². The van der Waals surface area contributed by atoms with Gasteiger partial charge in [-0.3, -0.25) is 15.0 Å². The number of rotatable bonds is 3. The second kappa shape index (κ2) is 6.79. The number of fused-ring (bicyclic) bond motifs is 3. The average Bonchev–Trinajstić information content (AvgIpc) is 3.03. The van der Waals surface area contributed by atoms with Gasteiger partial charge in [-0.25, -0.2) is 0 Å². The van der Waals surface area contributed by atoms with Crippen LogP contribution in [-0.2, 0) is 9.59 Å². The number of amidine groups is 1. The molecule has 0 radical (unpaired) electrons. The zero-order chi connectivity index (χ0) is 18.3. The predicted octanol–water partition coefficient (Wildman–Crippen LogP) is 2.00. The number of piperazine rings is 1. The monoisotopic (exact) mass is 375 g/mol. The quantitative estimate of drug-likeness (QED) is 0.847. The van der Waals surface area contributed by atoms with Gasteiger partial charge >= 0.3 is 0 Å². The predicted molar refractivity (Wildman–Crippen MR) is 99.7 cm³/mol. The van der Waals surface area contributed by atoms with Gasteiger partial charge in [-0.15, -0.1) is 0 Å². The summed E-state index contributed by atoms with van der Waals surface area (Å²) < 4.78 is 0. The number of benzene rings is 1. The zero-order valence-corrected chi connectivity index (χ0v) is 15.4. The third-order valence-corrected chi connectivity index (χ3v) is 5.76. The van der Waals surface area contributed by atoms with Crippen LogP contribution in [0.4, 0.5) is 5.69 Å². The average molecular weight is 376 g/mol. The Bertz CT molecular complexity index is 768. The fraction of sp³-hybridized carbons (Fsp3) is 0.500. The lowest BCUT2D eigenvalue weighted by Gasteiger charge is -2.50. The molecule has 4 rings (SSSR count). The van der Waals surface area contributed by atoms with Crippen molar-refractivity contribution in [2.45, 2.75) is 50.9 Å². The van der Waals surface area contributed by atoms with Crippen molar-refractivity contribution < 1.29 is 9.59 Å². The highest BCUT2D eigenvalue weighted by atomic mass is 35.5. The van der Waals surface area contributed by atoms with Crippen LogP contribution in [0.5, 0.6) is 0 Å². The Morgan fingerprint density at radius 1 is 1.31 bits per heavy atom. The van der Waals surface area contributed by atoms with Gasteiger partial charge in [0.2, 0.25) is 5.91 Å². The van der Waals surface area contributed by atoms with Crippen LogP contribution in [0.25, 0.3) is 0 Å². The Morgan fingerprint density at radius 3 is 2.81 bits per heavy atom. The van der Waals surface area contributed by atoms with Gasteiger partial charge in [0.25, 0.3) is 5.91 Å². The van der Waals surface area contributed by atoms with Gasteiger partial charge in [0.15, 0.2) is 6.17 Å². The number of anilines is 1. The summed E-state index contributed by atoms with van der Waals surface area (Å²) in [6.07, 6.45) is 3.62. The summed E-state index contributed by atoms with van der Waals surface area (Å²) in [5.41, 5.74) is 3.48. The molecule has 26 heavy (non-hydrogen) atoms. The number of halogens is 1. The minimum Gasteiger partial charge on any atom is -0.325 e. The number of hydrazone groups is 1. The Morgan fingerprint density at radius 2 is 2.04 bits per heavy atom. The molecule has 8 heteroatoms. The first-order chi connectivity index (χ1) is 12.6. The first-order valence-electron chi connectivity index (χ1n) is 8.99. The van der Waals surface area contributed by atoms with Crippen LogP contribution >= 0.6 is 11.6 Å². The van der Waals surface area contributed by atoms with Crippen LogP contribution in [0.2, 0.25) is 5.02 Å². The van der Waals surface area contributed by atoms with Crippen LogP contribution in [0, 0.1) is 0 Å². The van der Waals surface area contributed by atoms with Crippen LogP contribution in [0.15, 0.2) is 29.4 Å². The van der Waals surface area contributed by atoms with E-state index in [0.717, 1.165) is 31.5 Å². The number of hydrogen-bond acceptors (Lipinski definition) is 5. The maximum absolute atomic E-state index is 13.0. The molecule has 1 aromatic carbocycles. The van der Waals surface area contributed by atoms with Crippen LogP contribution in [-0.4, -0.2) is 52.2 Å². The van der Waals surface area contributed by atoms with Crippen molar-refractivity contribution in [2.24, 2.45) is 5.10 Å². The topological polar surface area (TPSA) is 77.0 Å². The molecule has 1 saturated heterocycles. The molecule has 2 heterocycles. The number of nitrogens with one attached hydrogen (secondary N) is 2. The van der Waals surface area contributed by atoms with E-state index >= 15 is 0 Å². The van der Waals surface area contributed by atoms with Crippen molar-refractivity contribution in [3.63, 3.8) is 0 Å². The molecular weight excluding hydrogens is 354 g/mol. The van der Waals surface area contributed by atoms with Gasteiger partial charge in [0.05, 0.1) is 22.8 Å². The van der Waals surface area contributed by atoms with Gasteiger partial charge in [-0.05, 0) is 31.9 Å². The summed E-state index contributed by atoms with van der Waals surface area (Å²) >= 11 is 6.11. The SMILES string of the molecule is CC1=NNC2C(=O)N(CC(=O)Nc3ccccc3Cl)C3CCCCC3N12. The number of para-hydroxylation sites is 1. The number of nitrogens with zero attached hydrogens (tertiary/aromatic N) is 3. The number of hydrogen-bond donors (Lipinski definition) is 2. The Kier molecular flexibility index (Phi) is 4.48. The van der Waals surface area contributed by atoms with Crippen molar-refractivity contribution in [2.75, 3.05) is 11.9 Å². The molecule has 1 aliphatic carbocycles. The molecule has 0 aromatic heterocycles. The lowest BCUT2D eigenvalue weighted by atomic mass is 9.85. The highest BCUT2D eigenvalue weighted by molar-refractivity contribution is 6.33. The first kappa shape index (κ1) is 17.1. The molecule has 138 valence electrons. The van der Waals surface area contributed by atoms with E-state index in [4.69, 9.17) is 11.6 Å². The van der Waals surface area contributed by atoms with Crippen molar-refractivity contribution in [3.05, 3.63) is 29.3 Å². The standard InChI is InChI=1S/C18H22ClN5O2/c1-11-21-22-17-18(26)23(14-8-4-5-9-15(14)24(11)17)10-16(25)20-13-7-3-2-6-12(13)19/h2-3,6-7,14-15,17,22H,4-5,8-10H2,1H3,(H,20,25). The Hall–Kier alpha value is -2.28. The van der Waals surface area contributed by atoms with Crippen molar-refractivity contribution >= 4 is 34.9 Å². The van der Waals surface area contributed by atoms with E-state index < -0.39 is 6.17 Å². The molecular formula is C18H22ClN5O2. The first-order valence-corrected chi connectivity index (χ1v) is 9.37. The van der Waals surface area contributed by atoms with Crippen molar-refractivity contribution in [1.82, 2.24) is 15.2 Å². The maximum Gasteiger partial charge on any atom is 0.268 e. The lowest BCUT2D eigenvalue weighted by Crippen LogP contribution is -2.69. The van der Waals surface area contributed by atoms with Crippen molar-refractivity contribution in [3.8, 4) is 0 Å². The molecule has 2 aliphatic heterocycles. The van der Waals surface area contributed by atoms with E-state index in [2.05, 4.69) is 20.7 Å². The van der Waals surface area contributed by atoms with Gasteiger partial charge < -0.3 is 15.1 Å². The third kappa shape index (κ3) is 2.90. The molecule has 3 unspecified atom stereocenters.